The Bertz CT molecular complexity index is 327. The number of hydrogen-bond acceptors (Lipinski definition) is 1. The van der Waals surface area contributed by atoms with E-state index in [0.717, 1.165) is 0 Å². The summed E-state index contributed by atoms with van der Waals surface area (Å²) in [6, 6.07) is 3.91. The van der Waals surface area contributed by atoms with Gasteiger partial charge >= 0.3 is 6.36 Å². The lowest BCUT2D eigenvalue weighted by atomic mass is 10.2. The molecule has 0 radical (unpaired) electrons. The third kappa shape index (κ3) is 3.38. The van der Waals surface area contributed by atoms with Crippen LogP contribution in [0.1, 0.15) is 5.56 Å². The molecule has 0 N–H and O–H groups in total. The first-order valence-electron chi connectivity index (χ1n) is 3.52. The monoisotopic (exact) mass is 288 g/mol. The third-order valence-corrected chi connectivity index (χ3v) is 2.46. The first kappa shape index (κ1) is 11.7. The predicted molar refractivity (Wildman–Crippen MR) is 50.4 cm³/mol. The molecule has 0 spiro atoms. The molecule has 0 fully saturated rings. The van der Waals surface area contributed by atoms with Gasteiger partial charge in [0.15, 0.2) is 0 Å². The van der Waals surface area contributed by atoms with Crippen LogP contribution < -0.4 is 4.74 Å². The van der Waals surface area contributed by atoms with Crippen molar-refractivity contribution in [1.82, 2.24) is 0 Å². The maximum Gasteiger partial charge on any atom is 0.573 e. The van der Waals surface area contributed by atoms with Gasteiger partial charge in [0.25, 0.3) is 0 Å². The van der Waals surface area contributed by atoms with Crippen LogP contribution in [0.5, 0.6) is 5.75 Å². The Morgan fingerprint density at radius 1 is 1.36 bits per heavy atom. The Labute approximate surface area is 91.9 Å². The fraction of sp³-hybridized carbons (Fsp3) is 0.250. The summed E-state index contributed by atoms with van der Waals surface area (Å²) in [5.74, 6) is -0.147. The molecule has 0 amide bonds. The van der Waals surface area contributed by atoms with Gasteiger partial charge in [-0.15, -0.1) is 24.8 Å². The number of rotatable bonds is 2. The summed E-state index contributed by atoms with van der Waals surface area (Å²) in [5.41, 5.74) is 0.549. The minimum atomic E-state index is -4.67. The van der Waals surface area contributed by atoms with Crippen LogP contribution in [0, 0.1) is 0 Å². The van der Waals surface area contributed by atoms with Gasteiger partial charge in [-0.05, 0) is 23.8 Å². The minimum Gasteiger partial charge on any atom is -0.406 e. The van der Waals surface area contributed by atoms with Gasteiger partial charge in [0.1, 0.15) is 5.75 Å². The number of alkyl halides is 4. The van der Waals surface area contributed by atoms with E-state index >= 15 is 0 Å². The van der Waals surface area contributed by atoms with Gasteiger partial charge < -0.3 is 4.74 Å². The van der Waals surface area contributed by atoms with Crippen LogP contribution in [-0.4, -0.2) is 6.36 Å². The van der Waals surface area contributed by atoms with Crippen molar-refractivity contribution in [2.24, 2.45) is 0 Å². The molecule has 1 rings (SSSR count). The zero-order chi connectivity index (χ0) is 10.8. The van der Waals surface area contributed by atoms with E-state index in [9.17, 15) is 13.2 Å². The normalized spacial score (nSPS) is 11.5. The standard InChI is InChI=1S/C8H5BrClF3O/c9-7-2-1-6(3-5(7)4-10)14-8(11,12)13/h1-3H,4H2. The Hall–Kier alpha value is -0.420. The molecule has 0 saturated carbocycles. The highest BCUT2D eigenvalue weighted by Crippen LogP contribution is 2.28. The van der Waals surface area contributed by atoms with Crippen LogP contribution in [0.2, 0.25) is 0 Å². The van der Waals surface area contributed by atoms with Crippen molar-refractivity contribution in [1.29, 1.82) is 0 Å². The molecule has 0 atom stereocenters. The molecule has 0 aliphatic rings. The quantitative estimate of drug-likeness (QED) is 0.745. The van der Waals surface area contributed by atoms with Crippen molar-refractivity contribution in [3.05, 3.63) is 28.2 Å². The van der Waals surface area contributed by atoms with Crippen LogP contribution in [0.3, 0.4) is 0 Å². The molecule has 1 aromatic rings. The van der Waals surface area contributed by atoms with E-state index in [4.69, 9.17) is 11.6 Å². The topological polar surface area (TPSA) is 9.23 Å². The first-order chi connectivity index (χ1) is 6.42. The summed E-state index contributed by atoms with van der Waals surface area (Å²) in [4.78, 5) is 0. The molecule has 1 aromatic carbocycles. The molecule has 1 nitrogen and oxygen atoms in total. The zero-order valence-corrected chi connectivity index (χ0v) is 9.08. The van der Waals surface area contributed by atoms with Crippen LogP contribution in [0.15, 0.2) is 22.7 Å². The second-order valence-corrected chi connectivity index (χ2v) is 3.56. The van der Waals surface area contributed by atoms with Gasteiger partial charge in [-0.2, -0.15) is 0 Å². The summed E-state index contributed by atoms with van der Waals surface area (Å²) < 4.78 is 39.8. The van der Waals surface area contributed by atoms with Gasteiger partial charge in [0.05, 0.1) is 0 Å². The molecule has 6 heteroatoms. The molecule has 0 aliphatic carbocycles. The van der Waals surface area contributed by atoms with Crippen LogP contribution in [0.4, 0.5) is 13.2 Å². The van der Waals surface area contributed by atoms with Gasteiger partial charge in [-0.25, -0.2) is 0 Å². The Morgan fingerprint density at radius 2 is 2.00 bits per heavy atom. The fourth-order valence-corrected chi connectivity index (χ4v) is 1.62. The Kier molecular flexibility index (Phi) is 3.66. The van der Waals surface area contributed by atoms with E-state index in [1.807, 2.05) is 0 Å². The number of benzene rings is 1. The molecule has 0 aromatic heterocycles. The molecule has 0 heterocycles. The largest absolute Gasteiger partial charge is 0.573 e. The van der Waals surface area contributed by atoms with E-state index in [1.54, 1.807) is 0 Å². The lowest BCUT2D eigenvalue weighted by molar-refractivity contribution is -0.274. The van der Waals surface area contributed by atoms with Gasteiger partial charge in [-0.1, -0.05) is 15.9 Å². The van der Waals surface area contributed by atoms with E-state index in [0.29, 0.717) is 10.0 Å². The van der Waals surface area contributed by atoms with Gasteiger partial charge in [0.2, 0.25) is 0 Å². The third-order valence-electron chi connectivity index (χ3n) is 1.39. The molecule has 0 unspecified atom stereocenters. The Balaban J connectivity index is 2.90. The summed E-state index contributed by atoms with van der Waals surface area (Å²) >= 11 is 8.66. The summed E-state index contributed by atoms with van der Waals surface area (Å²) in [6.07, 6.45) is -4.67. The molecule has 14 heavy (non-hydrogen) atoms. The van der Waals surface area contributed by atoms with E-state index < -0.39 is 6.36 Å². The average Bonchev–Trinajstić information content (AvgIpc) is 2.06. The van der Waals surface area contributed by atoms with Crippen molar-refractivity contribution in [3.63, 3.8) is 0 Å². The average molecular weight is 289 g/mol. The van der Waals surface area contributed by atoms with Crippen LogP contribution in [0.25, 0.3) is 0 Å². The van der Waals surface area contributed by atoms with E-state index in [-0.39, 0.29) is 11.6 Å². The van der Waals surface area contributed by atoms with E-state index in [1.165, 1.54) is 18.2 Å². The fourth-order valence-electron chi connectivity index (χ4n) is 0.851. The summed E-state index contributed by atoms with van der Waals surface area (Å²) in [5, 5.41) is 0. The van der Waals surface area contributed by atoms with Crippen molar-refractivity contribution < 1.29 is 17.9 Å². The minimum absolute atomic E-state index is 0.121. The number of halogens is 5. The predicted octanol–water partition coefficient (Wildman–Crippen LogP) is 4.09. The highest BCUT2D eigenvalue weighted by Gasteiger charge is 2.31. The smallest absolute Gasteiger partial charge is 0.406 e. The lowest BCUT2D eigenvalue weighted by Crippen LogP contribution is -2.17. The SMILES string of the molecule is FC(F)(F)Oc1ccc(Br)c(CCl)c1. The maximum atomic E-state index is 11.8. The number of ether oxygens (including phenoxy) is 1. The summed E-state index contributed by atoms with van der Waals surface area (Å²) in [7, 11) is 0. The van der Waals surface area contributed by atoms with Crippen LogP contribution in [-0.2, 0) is 5.88 Å². The van der Waals surface area contributed by atoms with Crippen molar-refractivity contribution in [2.75, 3.05) is 0 Å². The zero-order valence-electron chi connectivity index (χ0n) is 6.74. The summed E-state index contributed by atoms with van der Waals surface area (Å²) in [6.45, 7) is 0. The molecule has 0 aliphatic heterocycles. The van der Waals surface area contributed by atoms with Gasteiger partial charge in [0, 0.05) is 10.4 Å². The number of hydrogen-bond donors (Lipinski definition) is 0. The maximum absolute atomic E-state index is 11.8. The Morgan fingerprint density at radius 3 is 2.50 bits per heavy atom. The first-order valence-corrected chi connectivity index (χ1v) is 4.85. The molecule has 78 valence electrons. The highest BCUT2D eigenvalue weighted by atomic mass is 79.9. The van der Waals surface area contributed by atoms with Crippen molar-refractivity contribution >= 4 is 27.5 Å². The van der Waals surface area contributed by atoms with Crippen LogP contribution >= 0.6 is 27.5 Å². The molecular weight excluding hydrogens is 284 g/mol. The van der Waals surface area contributed by atoms with Crippen molar-refractivity contribution in [3.8, 4) is 5.75 Å². The second kappa shape index (κ2) is 4.40. The van der Waals surface area contributed by atoms with Crippen molar-refractivity contribution in [2.45, 2.75) is 12.2 Å². The van der Waals surface area contributed by atoms with E-state index in [2.05, 4.69) is 20.7 Å². The van der Waals surface area contributed by atoms with Gasteiger partial charge in [-0.3, -0.25) is 0 Å². The molecular formula is C8H5BrClF3O. The second-order valence-electron chi connectivity index (χ2n) is 2.43. The lowest BCUT2D eigenvalue weighted by Gasteiger charge is -2.10. The molecule has 0 bridgehead atoms. The molecule has 0 saturated heterocycles. The highest BCUT2D eigenvalue weighted by molar-refractivity contribution is 9.10.